The summed E-state index contributed by atoms with van der Waals surface area (Å²) in [4.78, 5) is 23.7. The molecule has 1 aliphatic heterocycles. The van der Waals surface area contributed by atoms with E-state index in [4.69, 9.17) is 9.72 Å². The molecule has 2 N–H and O–H groups in total. The van der Waals surface area contributed by atoms with Gasteiger partial charge >= 0.3 is 0 Å². The maximum absolute atomic E-state index is 11.3. The lowest BCUT2D eigenvalue weighted by Crippen LogP contribution is -2.07. The van der Waals surface area contributed by atoms with Gasteiger partial charge in [0.25, 0.3) is 0 Å². The van der Waals surface area contributed by atoms with Gasteiger partial charge < -0.3 is 15.0 Å². The molecule has 1 unspecified atom stereocenters. The Labute approximate surface area is 145 Å². The zero-order valence-corrected chi connectivity index (χ0v) is 14.3. The SMILES string of the molecule is CC(=O)Nc1cc2c(-c3cc(C)cc(C4CCOC4)n3)c[nH]c2cn1. The van der Waals surface area contributed by atoms with E-state index in [9.17, 15) is 4.79 Å². The van der Waals surface area contributed by atoms with Gasteiger partial charge in [0.1, 0.15) is 5.82 Å². The van der Waals surface area contributed by atoms with Crippen molar-refractivity contribution in [2.45, 2.75) is 26.2 Å². The van der Waals surface area contributed by atoms with Crippen LogP contribution in [0.5, 0.6) is 0 Å². The van der Waals surface area contributed by atoms with E-state index in [1.807, 2.05) is 12.3 Å². The van der Waals surface area contributed by atoms with Gasteiger partial charge in [0.2, 0.25) is 5.91 Å². The van der Waals surface area contributed by atoms with E-state index in [1.54, 1.807) is 6.20 Å². The topological polar surface area (TPSA) is 79.9 Å². The predicted molar refractivity (Wildman–Crippen MR) is 96.5 cm³/mol. The fourth-order valence-electron chi connectivity index (χ4n) is 3.29. The van der Waals surface area contributed by atoms with E-state index >= 15 is 0 Å². The zero-order chi connectivity index (χ0) is 17.4. The Kier molecular flexibility index (Phi) is 3.97. The van der Waals surface area contributed by atoms with Crippen molar-refractivity contribution in [3.63, 3.8) is 0 Å². The van der Waals surface area contributed by atoms with E-state index in [0.717, 1.165) is 47.5 Å². The third-order valence-electron chi connectivity index (χ3n) is 4.48. The number of aryl methyl sites for hydroxylation is 1. The standard InChI is InChI=1S/C19H20N4O2/c1-11-5-16(13-3-4-25-10-13)23-17(6-11)15-8-20-18-9-21-19(7-14(15)18)22-12(2)24/h5-9,13,20H,3-4,10H2,1-2H3,(H,21,22,24). The van der Waals surface area contributed by atoms with Crippen LogP contribution in [0.15, 0.2) is 30.6 Å². The number of aromatic amines is 1. The summed E-state index contributed by atoms with van der Waals surface area (Å²) in [6, 6.07) is 6.10. The number of hydrogen-bond acceptors (Lipinski definition) is 4. The van der Waals surface area contributed by atoms with Gasteiger partial charge in [-0.05, 0) is 37.1 Å². The molecule has 0 aliphatic carbocycles. The van der Waals surface area contributed by atoms with Crippen molar-refractivity contribution in [3.8, 4) is 11.3 Å². The molecule has 4 heterocycles. The lowest BCUT2D eigenvalue weighted by molar-refractivity contribution is -0.114. The van der Waals surface area contributed by atoms with Crippen molar-refractivity contribution >= 4 is 22.6 Å². The van der Waals surface area contributed by atoms with E-state index in [0.29, 0.717) is 11.7 Å². The summed E-state index contributed by atoms with van der Waals surface area (Å²) in [5, 5.41) is 3.72. The van der Waals surface area contributed by atoms with Crippen LogP contribution in [-0.2, 0) is 9.53 Å². The Morgan fingerprint density at radius 2 is 2.24 bits per heavy atom. The lowest BCUT2D eigenvalue weighted by Gasteiger charge is -2.11. The van der Waals surface area contributed by atoms with Crippen LogP contribution < -0.4 is 5.32 Å². The zero-order valence-electron chi connectivity index (χ0n) is 14.3. The Hall–Kier alpha value is -2.73. The van der Waals surface area contributed by atoms with Crippen LogP contribution in [0.25, 0.3) is 22.2 Å². The minimum absolute atomic E-state index is 0.138. The number of H-pyrrole nitrogens is 1. The molecule has 1 saturated heterocycles. The predicted octanol–water partition coefficient (Wildman–Crippen LogP) is 3.40. The number of hydrogen-bond donors (Lipinski definition) is 2. The van der Waals surface area contributed by atoms with Crippen LogP contribution in [0, 0.1) is 6.92 Å². The van der Waals surface area contributed by atoms with Crippen LogP contribution in [-0.4, -0.2) is 34.1 Å². The molecule has 0 aromatic carbocycles. The number of aromatic nitrogens is 3. The molecule has 6 heteroatoms. The summed E-state index contributed by atoms with van der Waals surface area (Å²) >= 11 is 0. The van der Waals surface area contributed by atoms with Crippen LogP contribution in [0.4, 0.5) is 5.82 Å². The number of nitrogens with zero attached hydrogens (tertiary/aromatic N) is 2. The summed E-state index contributed by atoms with van der Waals surface area (Å²) in [7, 11) is 0. The van der Waals surface area contributed by atoms with Crippen molar-refractivity contribution < 1.29 is 9.53 Å². The molecule has 1 atom stereocenters. The number of amides is 1. The molecule has 0 radical (unpaired) electrons. The van der Waals surface area contributed by atoms with E-state index in [1.165, 1.54) is 12.5 Å². The van der Waals surface area contributed by atoms with Gasteiger partial charge in [-0.1, -0.05) is 0 Å². The highest BCUT2D eigenvalue weighted by atomic mass is 16.5. The molecule has 1 aliphatic rings. The highest BCUT2D eigenvalue weighted by molar-refractivity contribution is 5.97. The minimum atomic E-state index is -0.138. The molecule has 25 heavy (non-hydrogen) atoms. The highest BCUT2D eigenvalue weighted by Gasteiger charge is 2.20. The van der Waals surface area contributed by atoms with Crippen LogP contribution in [0.3, 0.4) is 0 Å². The molecule has 3 aromatic rings. The number of pyridine rings is 2. The molecule has 1 amide bonds. The van der Waals surface area contributed by atoms with Crippen molar-refractivity contribution in [1.29, 1.82) is 0 Å². The molecule has 0 bridgehead atoms. The molecule has 3 aromatic heterocycles. The second kappa shape index (κ2) is 6.29. The Morgan fingerprint density at radius 1 is 1.36 bits per heavy atom. The van der Waals surface area contributed by atoms with Gasteiger partial charge in [-0.3, -0.25) is 9.78 Å². The average Bonchev–Trinajstić information content (AvgIpc) is 3.23. The number of carbonyl (C=O) groups is 1. The van der Waals surface area contributed by atoms with Crippen molar-refractivity contribution in [2.24, 2.45) is 0 Å². The molecule has 6 nitrogen and oxygen atoms in total. The third-order valence-corrected chi connectivity index (χ3v) is 4.48. The monoisotopic (exact) mass is 336 g/mol. The van der Waals surface area contributed by atoms with Gasteiger partial charge in [0, 0.05) is 42.3 Å². The number of carbonyl (C=O) groups excluding carboxylic acids is 1. The van der Waals surface area contributed by atoms with Gasteiger partial charge in [-0.15, -0.1) is 0 Å². The third kappa shape index (κ3) is 3.13. The molecular weight excluding hydrogens is 316 g/mol. The number of fused-ring (bicyclic) bond motifs is 1. The van der Waals surface area contributed by atoms with Crippen molar-refractivity contribution in [1.82, 2.24) is 15.0 Å². The van der Waals surface area contributed by atoms with E-state index in [2.05, 4.69) is 34.3 Å². The molecule has 0 spiro atoms. The largest absolute Gasteiger partial charge is 0.381 e. The van der Waals surface area contributed by atoms with Gasteiger partial charge in [0.15, 0.2) is 0 Å². The maximum atomic E-state index is 11.3. The fourth-order valence-corrected chi connectivity index (χ4v) is 3.29. The van der Waals surface area contributed by atoms with Gasteiger partial charge in [0.05, 0.1) is 24.0 Å². The summed E-state index contributed by atoms with van der Waals surface area (Å²) in [6.07, 6.45) is 4.69. The summed E-state index contributed by atoms with van der Waals surface area (Å²) in [6.45, 7) is 5.10. The van der Waals surface area contributed by atoms with Crippen molar-refractivity contribution in [3.05, 3.63) is 41.9 Å². The number of anilines is 1. The van der Waals surface area contributed by atoms with Gasteiger partial charge in [-0.2, -0.15) is 0 Å². The van der Waals surface area contributed by atoms with Crippen LogP contribution in [0.1, 0.15) is 30.5 Å². The average molecular weight is 336 g/mol. The maximum Gasteiger partial charge on any atom is 0.222 e. The van der Waals surface area contributed by atoms with Crippen LogP contribution >= 0.6 is 0 Å². The van der Waals surface area contributed by atoms with Crippen molar-refractivity contribution in [2.75, 3.05) is 18.5 Å². The second-order valence-electron chi connectivity index (χ2n) is 6.51. The summed E-state index contributed by atoms with van der Waals surface area (Å²) in [5.41, 5.74) is 5.11. The smallest absolute Gasteiger partial charge is 0.222 e. The molecule has 128 valence electrons. The first-order valence-electron chi connectivity index (χ1n) is 8.41. The first-order valence-corrected chi connectivity index (χ1v) is 8.41. The lowest BCUT2D eigenvalue weighted by atomic mass is 10.0. The Morgan fingerprint density at radius 3 is 3.00 bits per heavy atom. The number of rotatable bonds is 3. The minimum Gasteiger partial charge on any atom is -0.381 e. The summed E-state index contributed by atoms with van der Waals surface area (Å²) < 4.78 is 5.51. The molecule has 0 saturated carbocycles. The Bertz CT molecular complexity index is 942. The first-order chi connectivity index (χ1) is 12.1. The van der Waals surface area contributed by atoms with E-state index < -0.39 is 0 Å². The Balaban J connectivity index is 1.79. The number of nitrogens with one attached hydrogen (secondary N) is 2. The van der Waals surface area contributed by atoms with E-state index in [-0.39, 0.29) is 5.91 Å². The molecular formula is C19H20N4O2. The second-order valence-corrected chi connectivity index (χ2v) is 6.51. The summed E-state index contributed by atoms with van der Waals surface area (Å²) in [5.74, 6) is 0.763. The normalized spacial score (nSPS) is 17.1. The number of ether oxygens (including phenoxy) is 1. The quantitative estimate of drug-likeness (QED) is 0.768. The highest BCUT2D eigenvalue weighted by Crippen LogP contribution is 2.32. The van der Waals surface area contributed by atoms with Crippen LogP contribution in [0.2, 0.25) is 0 Å². The first kappa shape index (κ1) is 15.8. The molecule has 1 fully saturated rings. The fraction of sp³-hybridized carbons (Fsp3) is 0.316. The van der Waals surface area contributed by atoms with Gasteiger partial charge in [-0.25, -0.2) is 4.98 Å². The molecule has 4 rings (SSSR count).